The highest BCUT2D eigenvalue weighted by molar-refractivity contribution is 5.99. The van der Waals surface area contributed by atoms with E-state index in [9.17, 15) is 9.18 Å². The van der Waals surface area contributed by atoms with Gasteiger partial charge in [0.1, 0.15) is 5.75 Å². The number of fused-ring (bicyclic) bond motifs is 1. The lowest BCUT2D eigenvalue weighted by molar-refractivity contribution is 0.262. The van der Waals surface area contributed by atoms with Gasteiger partial charge in [0.25, 0.3) is 0 Å². The lowest BCUT2D eigenvalue weighted by Crippen LogP contribution is -2.20. The summed E-state index contributed by atoms with van der Waals surface area (Å²) in [6, 6.07) is 8.75. The third kappa shape index (κ3) is 4.88. The molecule has 2 heterocycles. The van der Waals surface area contributed by atoms with E-state index in [-0.39, 0.29) is 11.4 Å². The van der Waals surface area contributed by atoms with E-state index in [1.54, 1.807) is 30.5 Å². The molecule has 0 unspecified atom stereocenters. The minimum absolute atomic E-state index is 0.00614. The molecule has 2 aromatic carbocycles. The number of aryl methyl sites for hydroxylation is 1. The number of carbonyl (C=O) groups is 1. The van der Waals surface area contributed by atoms with Crippen LogP contribution in [0, 0.1) is 12.7 Å². The van der Waals surface area contributed by atoms with Crippen molar-refractivity contribution in [2.45, 2.75) is 33.7 Å². The number of amides is 2. The van der Waals surface area contributed by atoms with Crippen LogP contribution < -0.4 is 24.8 Å². The first-order valence-electron chi connectivity index (χ1n) is 11.5. The van der Waals surface area contributed by atoms with Gasteiger partial charge in [-0.05, 0) is 44.5 Å². The number of rotatable bonds is 8. The molecule has 188 valence electrons. The molecule has 0 aliphatic heterocycles. The molecular weight excluding hydrogens is 465 g/mol. The van der Waals surface area contributed by atoms with Crippen molar-refractivity contribution < 1.29 is 23.4 Å². The Bertz CT molecular complexity index is 1420. The van der Waals surface area contributed by atoms with Gasteiger partial charge in [-0.15, -0.1) is 0 Å². The second kappa shape index (κ2) is 10.5. The molecule has 2 N–H and O–H groups in total. The van der Waals surface area contributed by atoms with Crippen molar-refractivity contribution in [2.24, 2.45) is 0 Å². The summed E-state index contributed by atoms with van der Waals surface area (Å²) in [5.74, 6) is 1.25. The predicted molar refractivity (Wildman–Crippen MR) is 136 cm³/mol. The normalized spacial score (nSPS) is 10.8. The predicted octanol–water partition coefficient (Wildman–Crippen LogP) is 5.91. The van der Waals surface area contributed by atoms with Gasteiger partial charge < -0.3 is 19.5 Å². The molecule has 9 nitrogen and oxygen atoms in total. The van der Waals surface area contributed by atoms with E-state index in [1.807, 2.05) is 25.5 Å². The maximum Gasteiger partial charge on any atom is 0.324 e. The van der Waals surface area contributed by atoms with Gasteiger partial charge in [-0.1, -0.05) is 6.92 Å². The van der Waals surface area contributed by atoms with E-state index in [4.69, 9.17) is 14.2 Å². The Labute approximate surface area is 208 Å². The number of carbonyl (C=O) groups excluding carboxylic acids is 1. The van der Waals surface area contributed by atoms with Crippen LogP contribution in [0.2, 0.25) is 0 Å². The molecule has 0 bridgehead atoms. The number of anilines is 2. The molecule has 10 heteroatoms. The number of methoxy groups -OCH3 is 2. The Kier molecular flexibility index (Phi) is 7.23. The van der Waals surface area contributed by atoms with E-state index in [0.29, 0.717) is 40.5 Å². The summed E-state index contributed by atoms with van der Waals surface area (Å²) in [5.41, 5.74) is 2.84. The number of hydrogen-bond donors (Lipinski definition) is 2. The zero-order valence-electron chi connectivity index (χ0n) is 20.8. The van der Waals surface area contributed by atoms with Crippen molar-refractivity contribution in [2.75, 3.05) is 24.9 Å². The van der Waals surface area contributed by atoms with E-state index in [2.05, 4.69) is 20.7 Å². The maximum atomic E-state index is 14.9. The molecular formula is C26H28FN5O4. The van der Waals surface area contributed by atoms with Crippen molar-refractivity contribution in [3.63, 3.8) is 0 Å². The Balaban J connectivity index is 1.51. The molecule has 0 spiro atoms. The molecule has 2 amide bonds. The molecule has 0 radical (unpaired) electrons. The minimum Gasteiger partial charge on any atom is -0.493 e. The van der Waals surface area contributed by atoms with Crippen LogP contribution in [0.3, 0.4) is 0 Å². The summed E-state index contributed by atoms with van der Waals surface area (Å²) in [7, 11) is 3.07. The molecule has 2 aromatic heterocycles. The molecule has 0 fully saturated rings. The third-order valence-electron chi connectivity index (χ3n) is 5.80. The van der Waals surface area contributed by atoms with Gasteiger partial charge in [0.2, 0.25) is 0 Å². The zero-order chi connectivity index (χ0) is 25.8. The lowest BCUT2D eigenvalue weighted by atomic mass is 10.2. The topological polar surface area (TPSA) is 99.5 Å². The molecule has 4 rings (SSSR count). The van der Waals surface area contributed by atoms with Crippen LogP contribution in [-0.2, 0) is 13.0 Å². The van der Waals surface area contributed by atoms with Crippen LogP contribution in [0.25, 0.3) is 10.9 Å². The number of urea groups is 1. The number of nitrogens with zero attached hydrogens (tertiary/aromatic N) is 3. The molecule has 4 aromatic rings. The average Bonchev–Trinajstić information content (AvgIpc) is 3.18. The lowest BCUT2D eigenvalue weighted by Gasteiger charge is -2.13. The highest BCUT2D eigenvalue weighted by Gasteiger charge is 2.16. The monoisotopic (exact) mass is 493 g/mol. The van der Waals surface area contributed by atoms with Crippen molar-refractivity contribution in [3.05, 3.63) is 59.7 Å². The average molecular weight is 494 g/mol. The molecule has 36 heavy (non-hydrogen) atoms. The number of nitrogens with one attached hydrogen (secondary N) is 2. The molecule has 0 saturated carbocycles. The second-order valence-corrected chi connectivity index (χ2v) is 7.95. The number of hydrogen-bond acceptors (Lipinski definition) is 6. The standard InChI is InChI=1S/C26H28FN5O4/c1-6-20-15(3)25(31-32(20)7-2)30-26(33)29-16-8-9-22(18(27)12-16)36-21-10-11-28-19-14-24(35-5)23(34-4)13-17(19)21/h8-14H,6-7H2,1-5H3,(H2,29,30,31,33). The van der Waals surface area contributed by atoms with Crippen LogP contribution in [0.5, 0.6) is 23.0 Å². The quantitative estimate of drug-likeness (QED) is 0.316. The number of halogens is 1. The van der Waals surface area contributed by atoms with Crippen molar-refractivity contribution in [1.82, 2.24) is 14.8 Å². The van der Waals surface area contributed by atoms with Crippen LogP contribution in [0.1, 0.15) is 25.1 Å². The summed E-state index contributed by atoms with van der Waals surface area (Å²) in [4.78, 5) is 16.8. The summed E-state index contributed by atoms with van der Waals surface area (Å²) in [6.45, 7) is 6.64. The van der Waals surface area contributed by atoms with E-state index >= 15 is 0 Å². The Hall–Kier alpha value is -4.34. The number of pyridine rings is 1. The summed E-state index contributed by atoms with van der Waals surface area (Å²) < 4.78 is 33.3. The van der Waals surface area contributed by atoms with Gasteiger partial charge in [-0.25, -0.2) is 9.18 Å². The van der Waals surface area contributed by atoms with E-state index in [1.165, 1.54) is 26.4 Å². The first-order valence-corrected chi connectivity index (χ1v) is 11.5. The maximum absolute atomic E-state index is 14.9. The number of ether oxygens (including phenoxy) is 3. The van der Waals surface area contributed by atoms with Crippen LogP contribution in [0.15, 0.2) is 42.6 Å². The van der Waals surface area contributed by atoms with Crippen LogP contribution in [-0.4, -0.2) is 35.0 Å². The van der Waals surface area contributed by atoms with Gasteiger partial charge in [0.15, 0.2) is 28.9 Å². The largest absolute Gasteiger partial charge is 0.493 e. The van der Waals surface area contributed by atoms with Gasteiger partial charge in [0, 0.05) is 47.2 Å². The Morgan fingerprint density at radius 3 is 2.39 bits per heavy atom. The highest BCUT2D eigenvalue weighted by Crippen LogP contribution is 2.37. The highest BCUT2D eigenvalue weighted by atomic mass is 19.1. The SMILES string of the molecule is CCc1c(C)c(NC(=O)Nc2ccc(Oc3ccnc4cc(OC)c(OC)cc34)c(F)c2)nn1CC. The summed E-state index contributed by atoms with van der Waals surface area (Å²) in [6.07, 6.45) is 2.36. The molecule has 0 aliphatic carbocycles. The van der Waals surface area contributed by atoms with Crippen molar-refractivity contribution in [1.29, 1.82) is 0 Å². The van der Waals surface area contributed by atoms with E-state index < -0.39 is 11.8 Å². The van der Waals surface area contributed by atoms with Gasteiger partial charge >= 0.3 is 6.03 Å². The zero-order valence-corrected chi connectivity index (χ0v) is 20.8. The molecule has 0 aliphatic rings. The Morgan fingerprint density at radius 1 is 1.00 bits per heavy atom. The first-order chi connectivity index (χ1) is 17.4. The van der Waals surface area contributed by atoms with Gasteiger partial charge in [0.05, 0.1) is 19.7 Å². The minimum atomic E-state index is -0.641. The number of aromatic nitrogens is 3. The Morgan fingerprint density at radius 2 is 1.75 bits per heavy atom. The van der Waals surface area contributed by atoms with Crippen LogP contribution in [0.4, 0.5) is 20.7 Å². The van der Waals surface area contributed by atoms with E-state index in [0.717, 1.165) is 17.7 Å². The van der Waals surface area contributed by atoms with Crippen molar-refractivity contribution in [3.8, 4) is 23.0 Å². The van der Waals surface area contributed by atoms with Crippen molar-refractivity contribution >= 4 is 28.4 Å². The fourth-order valence-electron chi connectivity index (χ4n) is 4.00. The second-order valence-electron chi connectivity index (χ2n) is 7.95. The summed E-state index contributed by atoms with van der Waals surface area (Å²) in [5, 5.41) is 10.4. The smallest absolute Gasteiger partial charge is 0.324 e. The number of benzene rings is 2. The molecule has 0 atom stereocenters. The van der Waals surface area contributed by atoms with Gasteiger partial charge in [-0.3, -0.25) is 15.0 Å². The fraction of sp³-hybridized carbons (Fsp3) is 0.269. The van der Waals surface area contributed by atoms with Gasteiger partial charge in [-0.2, -0.15) is 5.10 Å². The van der Waals surface area contributed by atoms with Crippen LogP contribution >= 0.6 is 0 Å². The third-order valence-corrected chi connectivity index (χ3v) is 5.80. The summed E-state index contributed by atoms with van der Waals surface area (Å²) >= 11 is 0. The molecule has 0 saturated heterocycles. The first kappa shape index (κ1) is 24.8. The fourth-order valence-corrected chi connectivity index (χ4v) is 4.00.